The molecule has 2 aromatic rings. The number of epoxide rings is 1. The smallest absolute Gasteiger partial charge is 0.409 e. The molecule has 1 aliphatic carbocycles. The van der Waals surface area contributed by atoms with Gasteiger partial charge in [0.25, 0.3) is 11.8 Å². The number of nitrogens with zero attached hydrogens (tertiary/aromatic N) is 4. The lowest BCUT2D eigenvalue weighted by molar-refractivity contribution is -0.197. The SMILES string of the molecule is CO[C@@H]1/C=C/C=C(\C)Cc2cc(C)c(Cl)c(c2)N(C)C(=O)C[C@H](OC(=O)[C@H](C)N(C)C(=O)CCSSC(C)(C)CC(=O)N/N=C2\CCc3cc(OCCCC(=O)ON4C(=O)CCC4=O)cc(F)c32)[C@]2(C)O[C@H]2[C@H](C)[C@@H]2C[C@@]1(O)NC(=O)O2. The normalized spacial score (nSPS) is 26.6. The molecule has 8 atom stereocenters. The maximum absolute atomic E-state index is 15.4. The van der Waals surface area contributed by atoms with Crippen LogP contribution in [-0.4, -0.2) is 148 Å². The fourth-order valence-electron chi connectivity index (χ4n) is 10.3. The van der Waals surface area contributed by atoms with Gasteiger partial charge in [0.1, 0.15) is 41.5 Å². The number of likely N-dealkylation sites (N-methyl/N-ethyl adjacent to an activating group) is 1. The number of hydroxylamine groups is 2. The van der Waals surface area contributed by atoms with Gasteiger partial charge in [0.05, 0.1) is 42.0 Å². The summed E-state index contributed by atoms with van der Waals surface area (Å²) >= 11 is 6.84. The molecule has 5 aliphatic rings. The second-order valence-electron chi connectivity index (χ2n) is 22.1. The summed E-state index contributed by atoms with van der Waals surface area (Å²) in [6.07, 6.45) is 1.59. The molecule has 4 bridgehead atoms. The molecule has 7 rings (SSSR count). The number of carbonyl (C=O) groups excluding carboxylic acids is 8. The van der Waals surface area contributed by atoms with Crippen LogP contribution < -0.4 is 20.4 Å². The lowest BCUT2D eigenvalue weighted by Gasteiger charge is -2.42. The molecule has 0 aromatic heterocycles. The van der Waals surface area contributed by atoms with Crippen LogP contribution in [0.1, 0.15) is 122 Å². The average molecular weight is 1200 g/mol. The number of anilines is 1. The predicted octanol–water partition coefficient (Wildman–Crippen LogP) is 7.13. The van der Waals surface area contributed by atoms with Crippen LogP contribution in [0.5, 0.6) is 5.75 Å². The molecule has 25 heteroatoms. The summed E-state index contributed by atoms with van der Waals surface area (Å²) in [5.74, 6) is -4.51. The number of hydrogen-bond donors (Lipinski definition) is 3. The van der Waals surface area contributed by atoms with Crippen molar-refractivity contribution in [3.8, 4) is 5.75 Å². The minimum atomic E-state index is -1.87. The van der Waals surface area contributed by atoms with E-state index in [0.717, 1.165) is 16.7 Å². The zero-order chi connectivity index (χ0) is 60.0. The number of hydrazone groups is 1. The van der Waals surface area contributed by atoms with Gasteiger partial charge in [-0.2, -0.15) is 5.10 Å². The number of halogens is 2. The third-order valence-electron chi connectivity index (χ3n) is 15.2. The number of rotatable bonds is 18. The summed E-state index contributed by atoms with van der Waals surface area (Å²) in [5, 5.41) is 19.5. The van der Waals surface area contributed by atoms with Crippen molar-refractivity contribution < 1.29 is 76.4 Å². The summed E-state index contributed by atoms with van der Waals surface area (Å²) < 4.78 is 44.3. The number of methoxy groups -OCH3 is 1. The van der Waals surface area contributed by atoms with E-state index in [0.29, 0.717) is 52.1 Å². The fraction of sp³-hybridized carbons (Fsp3) is 0.561. The standard InChI is InChI=1S/C57H72ClFN6O15S2/c1-31-13-11-14-42(75-10)57(74)29-41(77-54(73)60-57)33(3)52-56(7,79-52)43(28-48(70)64(9)40-25-35(23-31)24-32(2)51(40)58)78-53(72)34(4)63(8)45(67)20-22-81-82-55(5,6)30-44(66)62-61-39-17-16-36-26-37(27-38(59)50(36)39)76-21-12-15-49(71)80-65-46(68)18-19-47(65)69/h11,13-14,24-27,33-34,41-43,52,74H,12,15-23,28-30H2,1-10H3,(H,60,73)(H,62,66)/b14-11+,31-13+,61-39+/t33-,34+,41+,42-,43+,52+,56+,57+/m1/s1. The lowest BCUT2D eigenvalue weighted by Crippen LogP contribution is -2.63. The van der Waals surface area contributed by atoms with E-state index in [1.807, 2.05) is 45.9 Å². The topological polar surface area (TPSA) is 262 Å². The maximum atomic E-state index is 15.4. The quantitative estimate of drug-likeness (QED) is 0.0335. The third kappa shape index (κ3) is 15.4. The zero-order valence-corrected chi connectivity index (χ0v) is 50.1. The van der Waals surface area contributed by atoms with Crippen molar-refractivity contribution in [1.82, 2.24) is 20.7 Å². The molecule has 21 nitrogen and oxygen atoms in total. The van der Waals surface area contributed by atoms with E-state index in [1.54, 1.807) is 39.1 Å². The summed E-state index contributed by atoms with van der Waals surface area (Å²) in [6, 6.07) is 5.53. The number of nitrogens with one attached hydrogen (secondary N) is 2. The second-order valence-corrected chi connectivity index (χ2v) is 25.6. The Morgan fingerprint density at radius 3 is 2.49 bits per heavy atom. The average Bonchev–Trinajstić information content (AvgIpc) is 2.03. The molecule has 4 aliphatic heterocycles. The third-order valence-corrected chi connectivity index (χ3v) is 18.9. The molecule has 0 radical (unpaired) electrons. The Kier molecular flexibility index (Phi) is 20.7. The minimum absolute atomic E-state index is 0.0105. The van der Waals surface area contributed by atoms with Gasteiger partial charge < -0.3 is 43.4 Å². The van der Waals surface area contributed by atoms with E-state index >= 15 is 4.39 Å². The highest BCUT2D eigenvalue weighted by Crippen LogP contribution is 2.49. The molecule has 0 unspecified atom stereocenters. The number of esters is 1. The van der Waals surface area contributed by atoms with Crippen LogP contribution >= 0.6 is 33.2 Å². The number of aliphatic hydroxyl groups is 1. The molecule has 0 saturated carbocycles. The molecule has 3 N–H and O–H groups in total. The Morgan fingerprint density at radius 1 is 1.06 bits per heavy atom. The monoisotopic (exact) mass is 1200 g/mol. The van der Waals surface area contributed by atoms with Gasteiger partial charge in [0.15, 0.2) is 5.72 Å². The summed E-state index contributed by atoms with van der Waals surface area (Å²) in [4.78, 5) is 111. The molecule has 2 aromatic carbocycles. The fourth-order valence-corrected chi connectivity index (χ4v) is 13.0. The predicted molar refractivity (Wildman–Crippen MR) is 304 cm³/mol. The Balaban J connectivity index is 0.918. The van der Waals surface area contributed by atoms with Crippen LogP contribution in [0, 0.1) is 18.7 Å². The molecule has 3 fully saturated rings. The van der Waals surface area contributed by atoms with Crippen molar-refractivity contribution in [3.05, 3.63) is 81.2 Å². The van der Waals surface area contributed by atoms with Crippen LogP contribution in [0.15, 0.2) is 53.2 Å². The van der Waals surface area contributed by atoms with E-state index in [2.05, 4.69) is 15.8 Å². The Hall–Kier alpha value is -6.05. The van der Waals surface area contributed by atoms with E-state index in [-0.39, 0.29) is 75.2 Å². The van der Waals surface area contributed by atoms with Crippen molar-refractivity contribution in [2.75, 3.05) is 38.5 Å². The highest BCUT2D eigenvalue weighted by atomic mass is 35.5. The van der Waals surface area contributed by atoms with E-state index in [9.17, 15) is 43.5 Å². The van der Waals surface area contributed by atoms with E-state index < -0.39 is 99.9 Å². The minimum Gasteiger partial charge on any atom is -0.493 e. The van der Waals surface area contributed by atoms with Crippen LogP contribution in [0.2, 0.25) is 5.02 Å². The highest BCUT2D eigenvalue weighted by molar-refractivity contribution is 8.77. The first-order chi connectivity index (χ1) is 38.6. The molecule has 4 heterocycles. The van der Waals surface area contributed by atoms with Gasteiger partial charge in [0.2, 0.25) is 17.7 Å². The van der Waals surface area contributed by atoms with Crippen LogP contribution in [0.4, 0.5) is 14.9 Å². The number of amides is 6. The van der Waals surface area contributed by atoms with Crippen LogP contribution in [0.3, 0.4) is 0 Å². The van der Waals surface area contributed by atoms with Crippen LogP contribution in [-0.2, 0) is 70.2 Å². The number of carbonyl (C=O) groups is 8. The number of allylic oxidation sites excluding steroid dienone is 3. The molecule has 82 heavy (non-hydrogen) atoms. The maximum Gasteiger partial charge on any atom is 0.409 e. The van der Waals surface area contributed by atoms with Crippen molar-refractivity contribution in [2.24, 2.45) is 11.0 Å². The lowest BCUT2D eigenvalue weighted by atomic mass is 9.83. The summed E-state index contributed by atoms with van der Waals surface area (Å²) in [5.41, 5.74) is 3.68. The van der Waals surface area contributed by atoms with Gasteiger partial charge in [-0.1, -0.05) is 70.0 Å². The number of alkyl carbamates (subject to hydrolysis) is 1. The highest BCUT2D eigenvalue weighted by Gasteiger charge is 2.64. The number of fused-ring (bicyclic) bond motifs is 6. The first-order valence-electron chi connectivity index (χ1n) is 27.1. The van der Waals surface area contributed by atoms with Crippen molar-refractivity contribution in [1.29, 1.82) is 0 Å². The Morgan fingerprint density at radius 2 is 1.78 bits per heavy atom. The van der Waals surface area contributed by atoms with Crippen molar-refractivity contribution in [3.63, 3.8) is 0 Å². The zero-order valence-electron chi connectivity index (χ0n) is 47.7. The molecule has 3 saturated heterocycles. The number of benzene rings is 2. The number of ether oxygens (including phenoxy) is 5. The van der Waals surface area contributed by atoms with Gasteiger partial charge >= 0.3 is 18.0 Å². The molecule has 6 amide bonds. The molecule has 446 valence electrons. The molecular weight excluding hydrogens is 1130 g/mol. The van der Waals surface area contributed by atoms with E-state index in [4.69, 9.17) is 40.1 Å². The number of imide groups is 1. The van der Waals surface area contributed by atoms with Crippen LogP contribution in [0.25, 0.3) is 0 Å². The molecular formula is C57H72ClFN6O15S2. The summed E-state index contributed by atoms with van der Waals surface area (Å²) in [7, 11) is 7.26. The van der Waals surface area contributed by atoms with Crippen molar-refractivity contribution >= 4 is 92.2 Å². The number of hydrogen-bond acceptors (Lipinski definition) is 18. The Labute approximate surface area is 489 Å². The Bertz CT molecular complexity index is 2930. The van der Waals surface area contributed by atoms with E-state index in [1.165, 1.54) is 58.5 Å². The first kappa shape index (κ1) is 63.5. The number of aryl methyl sites for hydroxylation is 2. The van der Waals surface area contributed by atoms with Gasteiger partial charge in [0, 0.05) is 81.4 Å². The van der Waals surface area contributed by atoms with Gasteiger partial charge in [-0.15, -0.1) is 5.06 Å². The first-order valence-corrected chi connectivity index (χ1v) is 29.8. The van der Waals surface area contributed by atoms with Crippen molar-refractivity contribution in [2.45, 2.75) is 166 Å². The summed E-state index contributed by atoms with van der Waals surface area (Å²) in [6.45, 7) is 12.5. The molecule has 0 spiro atoms. The second kappa shape index (κ2) is 26.7. The van der Waals surface area contributed by atoms with Gasteiger partial charge in [-0.05, 0) is 96.0 Å². The van der Waals surface area contributed by atoms with Gasteiger partial charge in [-0.25, -0.2) is 24.2 Å². The van der Waals surface area contributed by atoms with Gasteiger partial charge in [-0.3, -0.25) is 29.3 Å². The largest absolute Gasteiger partial charge is 0.493 e.